The molecule has 1 aromatic rings. The van der Waals surface area contributed by atoms with E-state index in [1.165, 1.54) is 0 Å². The van der Waals surface area contributed by atoms with Crippen molar-refractivity contribution in [2.75, 3.05) is 38.6 Å². The van der Waals surface area contributed by atoms with Crippen molar-refractivity contribution < 1.29 is 14.3 Å². The van der Waals surface area contributed by atoms with Gasteiger partial charge in [-0.3, -0.25) is 14.6 Å². The molecule has 0 bridgehead atoms. The van der Waals surface area contributed by atoms with Crippen LogP contribution in [0.4, 0.5) is 5.69 Å². The number of anilines is 1. The SMILES string of the molecule is CCOC(=O)C1CCN(C(=NC)NCCC(=O)Nc2cccc(Cl)c2C)CC1.I. The highest BCUT2D eigenvalue weighted by atomic mass is 127. The van der Waals surface area contributed by atoms with Gasteiger partial charge in [-0.25, -0.2) is 0 Å². The van der Waals surface area contributed by atoms with Gasteiger partial charge in [0.15, 0.2) is 5.96 Å². The summed E-state index contributed by atoms with van der Waals surface area (Å²) in [6, 6.07) is 5.44. The maximum absolute atomic E-state index is 12.2. The molecule has 2 N–H and O–H groups in total. The number of hydrogen-bond acceptors (Lipinski definition) is 4. The van der Waals surface area contributed by atoms with E-state index >= 15 is 0 Å². The maximum Gasteiger partial charge on any atom is 0.309 e. The topological polar surface area (TPSA) is 83.0 Å². The van der Waals surface area contributed by atoms with Gasteiger partial charge in [-0.15, -0.1) is 24.0 Å². The van der Waals surface area contributed by atoms with Gasteiger partial charge in [-0.1, -0.05) is 17.7 Å². The normalized spacial score (nSPS) is 14.8. The first-order valence-corrected chi connectivity index (χ1v) is 10.0. The number of guanidine groups is 1. The van der Waals surface area contributed by atoms with E-state index < -0.39 is 0 Å². The summed E-state index contributed by atoms with van der Waals surface area (Å²) in [5.41, 5.74) is 1.58. The van der Waals surface area contributed by atoms with Crippen molar-refractivity contribution in [3.05, 3.63) is 28.8 Å². The molecule has 29 heavy (non-hydrogen) atoms. The standard InChI is InChI=1S/C20H29ClN4O3.HI/c1-4-28-19(27)15-9-12-25(13-10-15)20(22-3)23-11-8-18(26)24-17-7-5-6-16(21)14(17)2;/h5-7,15H,4,8-13H2,1-3H3,(H,22,23)(H,24,26);1H. The average molecular weight is 537 g/mol. The van der Waals surface area contributed by atoms with E-state index in [0.29, 0.717) is 24.6 Å². The molecule has 162 valence electrons. The number of piperidine rings is 1. The summed E-state index contributed by atoms with van der Waals surface area (Å²) in [6.45, 7) is 6.05. The minimum Gasteiger partial charge on any atom is -0.466 e. The summed E-state index contributed by atoms with van der Waals surface area (Å²) in [6.07, 6.45) is 1.80. The highest BCUT2D eigenvalue weighted by Crippen LogP contribution is 2.23. The zero-order chi connectivity index (χ0) is 20.5. The van der Waals surface area contributed by atoms with Crippen LogP contribution in [0.3, 0.4) is 0 Å². The van der Waals surface area contributed by atoms with Crippen LogP contribution in [-0.4, -0.2) is 56.0 Å². The van der Waals surface area contributed by atoms with E-state index in [2.05, 4.69) is 20.5 Å². The molecule has 2 rings (SSSR count). The summed E-state index contributed by atoms with van der Waals surface area (Å²) in [5, 5.41) is 6.74. The Morgan fingerprint density at radius 1 is 1.31 bits per heavy atom. The molecule has 0 aromatic heterocycles. The highest BCUT2D eigenvalue weighted by molar-refractivity contribution is 14.0. The molecule has 1 aromatic carbocycles. The van der Waals surface area contributed by atoms with Crippen LogP contribution in [0.15, 0.2) is 23.2 Å². The number of likely N-dealkylation sites (tertiary alicyclic amines) is 1. The molecule has 9 heteroatoms. The van der Waals surface area contributed by atoms with E-state index in [0.717, 1.165) is 43.1 Å². The van der Waals surface area contributed by atoms with Crippen LogP contribution in [0.25, 0.3) is 0 Å². The summed E-state index contributed by atoms with van der Waals surface area (Å²) in [4.78, 5) is 30.4. The van der Waals surface area contributed by atoms with Crippen molar-refractivity contribution >= 4 is 59.1 Å². The quantitative estimate of drug-likeness (QED) is 0.252. The van der Waals surface area contributed by atoms with Crippen molar-refractivity contribution in [1.82, 2.24) is 10.2 Å². The summed E-state index contributed by atoms with van der Waals surface area (Å²) < 4.78 is 5.10. The molecule has 7 nitrogen and oxygen atoms in total. The molecule has 0 atom stereocenters. The Morgan fingerprint density at radius 3 is 2.62 bits per heavy atom. The minimum atomic E-state index is -0.113. The maximum atomic E-state index is 12.2. The predicted octanol–water partition coefficient (Wildman–Crippen LogP) is 3.45. The second kappa shape index (κ2) is 12.9. The highest BCUT2D eigenvalue weighted by Gasteiger charge is 2.27. The Labute approximate surface area is 194 Å². The predicted molar refractivity (Wildman–Crippen MR) is 127 cm³/mol. The van der Waals surface area contributed by atoms with Crippen LogP contribution in [0.5, 0.6) is 0 Å². The van der Waals surface area contributed by atoms with Crippen molar-refractivity contribution in [2.24, 2.45) is 10.9 Å². The molecule has 1 amide bonds. The third kappa shape index (κ3) is 7.65. The number of esters is 1. The molecule has 1 aliphatic rings. The summed E-state index contributed by atoms with van der Waals surface area (Å²) >= 11 is 6.08. The Morgan fingerprint density at radius 2 is 2.00 bits per heavy atom. The zero-order valence-corrected chi connectivity index (χ0v) is 20.3. The van der Waals surface area contributed by atoms with Gasteiger partial charge in [0.05, 0.1) is 12.5 Å². The summed E-state index contributed by atoms with van der Waals surface area (Å²) in [5.74, 6) is 0.502. The molecule has 0 saturated carbocycles. The zero-order valence-electron chi connectivity index (χ0n) is 17.2. The van der Waals surface area contributed by atoms with Crippen molar-refractivity contribution in [2.45, 2.75) is 33.1 Å². The van der Waals surface area contributed by atoms with Crippen LogP contribution < -0.4 is 10.6 Å². The van der Waals surface area contributed by atoms with Crippen molar-refractivity contribution in [1.29, 1.82) is 0 Å². The lowest BCUT2D eigenvalue weighted by molar-refractivity contribution is -0.149. The van der Waals surface area contributed by atoms with Gasteiger partial charge in [-0.05, 0) is 44.4 Å². The Balaban J connectivity index is 0.00000420. The minimum absolute atomic E-state index is 0. The van der Waals surface area contributed by atoms with Gasteiger partial charge in [0.25, 0.3) is 0 Å². The number of aliphatic imine (C=N–C) groups is 1. The summed E-state index contributed by atoms with van der Waals surface area (Å²) in [7, 11) is 1.72. The number of carbonyl (C=O) groups excluding carboxylic acids is 2. The van der Waals surface area contributed by atoms with Crippen LogP contribution >= 0.6 is 35.6 Å². The fraction of sp³-hybridized carbons (Fsp3) is 0.550. The van der Waals surface area contributed by atoms with Crippen molar-refractivity contribution in [3.63, 3.8) is 0 Å². The first-order chi connectivity index (χ1) is 13.5. The van der Waals surface area contributed by atoms with E-state index in [9.17, 15) is 9.59 Å². The number of amides is 1. The number of rotatable bonds is 6. The Bertz CT molecular complexity index is 722. The first kappa shape index (κ1) is 25.5. The third-order valence-corrected chi connectivity index (χ3v) is 5.21. The smallest absolute Gasteiger partial charge is 0.309 e. The molecule has 0 radical (unpaired) electrons. The number of carbonyl (C=O) groups is 2. The van der Waals surface area contributed by atoms with Crippen LogP contribution in [0.2, 0.25) is 5.02 Å². The number of nitrogens with one attached hydrogen (secondary N) is 2. The molecule has 1 aliphatic heterocycles. The van der Waals surface area contributed by atoms with Gasteiger partial charge in [-0.2, -0.15) is 0 Å². The number of hydrogen-bond donors (Lipinski definition) is 2. The fourth-order valence-corrected chi connectivity index (χ4v) is 3.34. The van der Waals surface area contributed by atoms with Gasteiger partial charge in [0.2, 0.25) is 5.91 Å². The van der Waals surface area contributed by atoms with Gasteiger partial charge < -0.3 is 20.3 Å². The van der Waals surface area contributed by atoms with Crippen LogP contribution in [-0.2, 0) is 14.3 Å². The molecule has 0 aliphatic carbocycles. The second-order valence-corrected chi connectivity index (χ2v) is 7.11. The average Bonchev–Trinajstić information content (AvgIpc) is 2.69. The number of ether oxygens (including phenoxy) is 1. The Hall–Kier alpha value is -1.55. The lowest BCUT2D eigenvalue weighted by atomic mass is 9.97. The van der Waals surface area contributed by atoms with E-state index in [1.807, 2.05) is 26.0 Å². The molecule has 0 spiro atoms. The third-order valence-electron chi connectivity index (χ3n) is 4.80. The van der Waals surface area contributed by atoms with E-state index in [-0.39, 0.29) is 41.8 Å². The molecular weight excluding hydrogens is 507 g/mol. The van der Waals surface area contributed by atoms with Gasteiger partial charge >= 0.3 is 5.97 Å². The number of nitrogens with zero attached hydrogens (tertiary/aromatic N) is 2. The van der Waals surface area contributed by atoms with E-state index in [4.69, 9.17) is 16.3 Å². The van der Waals surface area contributed by atoms with Crippen LogP contribution in [0.1, 0.15) is 31.7 Å². The number of benzene rings is 1. The molecule has 1 heterocycles. The van der Waals surface area contributed by atoms with Gasteiger partial charge in [0, 0.05) is 43.8 Å². The lowest BCUT2D eigenvalue weighted by Gasteiger charge is -2.33. The second-order valence-electron chi connectivity index (χ2n) is 6.70. The molecule has 1 fully saturated rings. The van der Waals surface area contributed by atoms with Gasteiger partial charge in [0.1, 0.15) is 0 Å². The molecular formula is C20H30ClIN4O3. The molecule has 1 saturated heterocycles. The van der Waals surface area contributed by atoms with Crippen LogP contribution in [0, 0.1) is 12.8 Å². The lowest BCUT2D eigenvalue weighted by Crippen LogP contribution is -2.47. The largest absolute Gasteiger partial charge is 0.466 e. The first-order valence-electron chi connectivity index (χ1n) is 9.63. The fourth-order valence-electron chi connectivity index (χ4n) is 3.16. The number of halogens is 2. The van der Waals surface area contributed by atoms with E-state index in [1.54, 1.807) is 13.1 Å². The Kier molecular flexibility index (Phi) is 11.3. The monoisotopic (exact) mass is 536 g/mol. The van der Waals surface area contributed by atoms with Crippen molar-refractivity contribution in [3.8, 4) is 0 Å². The molecule has 0 unspecified atom stereocenters.